The fourth-order valence-corrected chi connectivity index (χ4v) is 5.12. The predicted molar refractivity (Wildman–Crippen MR) is 133 cm³/mol. The number of amides is 3. The lowest BCUT2D eigenvalue weighted by Gasteiger charge is -2.39. The molecule has 0 unspecified atom stereocenters. The van der Waals surface area contributed by atoms with Gasteiger partial charge >= 0.3 is 6.03 Å². The third-order valence-corrected chi connectivity index (χ3v) is 7.29. The van der Waals surface area contributed by atoms with Crippen molar-refractivity contribution in [3.05, 3.63) is 59.7 Å². The molecule has 3 aromatic rings. The van der Waals surface area contributed by atoms with E-state index in [2.05, 4.69) is 26.8 Å². The van der Waals surface area contributed by atoms with Crippen molar-refractivity contribution < 1.29 is 9.59 Å². The lowest BCUT2D eigenvalue weighted by molar-refractivity contribution is -0.131. The number of likely N-dealkylation sites (tertiary alicyclic amines) is 2. The Balaban J connectivity index is 1.13. The number of benzene rings is 2. The number of rotatable bonds is 4. The summed E-state index contributed by atoms with van der Waals surface area (Å²) < 4.78 is 0. The maximum Gasteiger partial charge on any atom is 0.321 e. The molecule has 2 aliphatic rings. The van der Waals surface area contributed by atoms with E-state index in [9.17, 15) is 9.59 Å². The van der Waals surface area contributed by atoms with Gasteiger partial charge in [0.15, 0.2) is 0 Å². The number of nitrogens with zero attached hydrogens (tertiary/aromatic N) is 6. The first-order valence-corrected chi connectivity index (χ1v) is 12.2. The lowest BCUT2D eigenvalue weighted by atomic mass is 9.78. The van der Waals surface area contributed by atoms with Gasteiger partial charge in [0.1, 0.15) is 6.54 Å². The van der Waals surface area contributed by atoms with Crippen molar-refractivity contribution >= 4 is 17.6 Å². The average molecular weight is 474 g/mol. The topological polar surface area (TPSA) is 96.2 Å². The van der Waals surface area contributed by atoms with Gasteiger partial charge in [-0.05, 0) is 55.4 Å². The number of tetrazole rings is 1. The summed E-state index contributed by atoms with van der Waals surface area (Å²) in [5.74, 6) is 0.525. The van der Waals surface area contributed by atoms with Gasteiger partial charge in [-0.15, -0.1) is 10.2 Å². The van der Waals surface area contributed by atoms with Crippen LogP contribution in [-0.4, -0.2) is 68.1 Å². The zero-order valence-corrected chi connectivity index (χ0v) is 20.3. The minimum Gasteiger partial charge on any atom is -0.340 e. The second-order valence-electron chi connectivity index (χ2n) is 9.81. The summed E-state index contributed by atoms with van der Waals surface area (Å²) in [6, 6.07) is 15.6. The van der Waals surface area contributed by atoms with Crippen molar-refractivity contribution in [1.82, 2.24) is 30.0 Å². The zero-order valence-electron chi connectivity index (χ0n) is 20.3. The molecule has 0 radical (unpaired) electrons. The number of nitrogens with one attached hydrogen (secondary N) is 1. The molecule has 0 aliphatic carbocycles. The number of piperidine rings is 1. The van der Waals surface area contributed by atoms with Crippen molar-refractivity contribution in [3.63, 3.8) is 0 Å². The summed E-state index contributed by atoms with van der Waals surface area (Å²) in [6.45, 7) is 6.98. The number of anilines is 1. The van der Waals surface area contributed by atoms with E-state index in [-0.39, 0.29) is 23.9 Å². The number of aryl methyl sites for hydroxylation is 2. The van der Waals surface area contributed by atoms with Gasteiger partial charge in [0.25, 0.3) is 0 Å². The first kappa shape index (κ1) is 23.0. The van der Waals surface area contributed by atoms with Crippen molar-refractivity contribution in [2.24, 2.45) is 5.41 Å². The fourth-order valence-electron chi connectivity index (χ4n) is 5.12. The number of hydrogen-bond acceptors (Lipinski definition) is 5. The van der Waals surface area contributed by atoms with Crippen LogP contribution in [0.15, 0.2) is 48.5 Å². The van der Waals surface area contributed by atoms with Crippen LogP contribution in [-0.2, 0) is 11.3 Å². The molecule has 1 N–H and O–H groups in total. The molecule has 2 aliphatic heterocycles. The SMILES string of the molecule is Cc1ccc(NC(=O)N2CCC3(CCN(C(=O)Cn4nnc(-c5ccccc5)n4)C3)CC2)c(C)c1. The van der Waals surface area contributed by atoms with Crippen molar-refractivity contribution in [3.8, 4) is 11.4 Å². The van der Waals surface area contributed by atoms with Gasteiger partial charge < -0.3 is 15.1 Å². The summed E-state index contributed by atoms with van der Waals surface area (Å²) in [6.07, 6.45) is 2.76. The quantitative estimate of drug-likeness (QED) is 0.626. The molecule has 3 amide bonds. The van der Waals surface area contributed by atoms with Crippen LogP contribution in [0.4, 0.5) is 10.5 Å². The van der Waals surface area contributed by atoms with Crippen molar-refractivity contribution in [1.29, 1.82) is 0 Å². The highest BCUT2D eigenvalue weighted by molar-refractivity contribution is 5.90. The van der Waals surface area contributed by atoms with Crippen LogP contribution in [0.1, 0.15) is 30.4 Å². The number of carbonyl (C=O) groups excluding carboxylic acids is 2. The Bertz CT molecular complexity index is 1220. The van der Waals surface area contributed by atoms with Crippen LogP contribution in [0.2, 0.25) is 0 Å². The highest BCUT2D eigenvalue weighted by atomic mass is 16.2. The normalized spacial score (nSPS) is 17.1. The highest BCUT2D eigenvalue weighted by Crippen LogP contribution is 2.40. The van der Waals surface area contributed by atoms with Crippen molar-refractivity contribution in [2.45, 2.75) is 39.7 Å². The monoisotopic (exact) mass is 473 g/mol. The van der Waals surface area contributed by atoms with Crippen LogP contribution in [0.3, 0.4) is 0 Å². The largest absolute Gasteiger partial charge is 0.340 e. The summed E-state index contributed by atoms with van der Waals surface area (Å²) >= 11 is 0. The molecule has 0 bridgehead atoms. The predicted octanol–water partition coefficient (Wildman–Crippen LogP) is 3.50. The third kappa shape index (κ3) is 5.03. The van der Waals surface area contributed by atoms with E-state index in [1.807, 2.05) is 66.1 Å². The standard InChI is InChI=1S/C26H31N7O2/c1-19-8-9-22(20(2)16-19)27-25(35)31-13-10-26(11-14-31)12-15-32(18-26)23(34)17-33-29-24(28-30-33)21-6-4-3-5-7-21/h3-9,16H,10-15,17-18H2,1-2H3,(H,27,35). The summed E-state index contributed by atoms with van der Waals surface area (Å²) in [5, 5.41) is 15.6. The van der Waals surface area contributed by atoms with Crippen LogP contribution in [0.25, 0.3) is 11.4 Å². The highest BCUT2D eigenvalue weighted by Gasteiger charge is 2.42. The number of hydrogen-bond donors (Lipinski definition) is 1. The molecule has 9 nitrogen and oxygen atoms in total. The first-order chi connectivity index (χ1) is 16.9. The molecule has 9 heteroatoms. The van der Waals surface area contributed by atoms with E-state index in [1.165, 1.54) is 10.4 Å². The van der Waals surface area contributed by atoms with Gasteiger partial charge in [0.05, 0.1) is 0 Å². The Hall–Kier alpha value is -3.75. The van der Waals surface area contributed by atoms with Gasteiger partial charge in [0.2, 0.25) is 11.7 Å². The van der Waals surface area contributed by atoms with Crippen LogP contribution < -0.4 is 5.32 Å². The molecule has 1 aromatic heterocycles. The molecule has 5 rings (SSSR count). The number of urea groups is 1. The smallest absolute Gasteiger partial charge is 0.321 e. The van der Waals surface area contributed by atoms with E-state index < -0.39 is 0 Å². The fraction of sp³-hybridized carbons (Fsp3) is 0.423. The maximum atomic E-state index is 12.9. The minimum atomic E-state index is -0.0517. The molecule has 3 heterocycles. The molecular weight excluding hydrogens is 442 g/mol. The van der Waals surface area contributed by atoms with Gasteiger partial charge in [-0.25, -0.2) is 4.79 Å². The zero-order chi connectivity index (χ0) is 24.4. The Kier molecular flexibility index (Phi) is 6.23. The second-order valence-corrected chi connectivity index (χ2v) is 9.81. The lowest BCUT2D eigenvalue weighted by Crippen LogP contribution is -2.46. The molecule has 0 atom stereocenters. The van der Waals surface area contributed by atoms with Crippen LogP contribution >= 0.6 is 0 Å². The van der Waals surface area contributed by atoms with Gasteiger partial charge in [-0.3, -0.25) is 4.79 Å². The molecule has 182 valence electrons. The van der Waals surface area contributed by atoms with Crippen LogP contribution in [0.5, 0.6) is 0 Å². The van der Waals surface area contributed by atoms with Crippen LogP contribution in [0, 0.1) is 19.3 Å². The van der Waals surface area contributed by atoms with E-state index in [0.29, 0.717) is 18.9 Å². The third-order valence-electron chi connectivity index (χ3n) is 7.29. The molecule has 2 saturated heterocycles. The molecule has 35 heavy (non-hydrogen) atoms. The molecule has 1 spiro atoms. The molecule has 0 saturated carbocycles. The Morgan fingerprint density at radius 1 is 0.971 bits per heavy atom. The van der Waals surface area contributed by atoms with E-state index in [1.54, 1.807) is 0 Å². The van der Waals surface area contributed by atoms with Gasteiger partial charge in [-0.2, -0.15) is 4.80 Å². The summed E-state index contributed by atoms with van der Waals surface area (Å²) in [5.41, 5.74) is 4.05. The average Bonchev–Trinajstić information content (AvgIpc) is 3.49. The van der Waals surface area contributed by atoms with Gasteiger partial charge in [0, 0.05) is 37.4 Å². The van der Waals surface area contributed by atoms with E-state index in [4.69, 9.17) is 0 Å². The first-order valence-electron chi connectivity index (χ1n) is 12.2. The number of carbonyl (C=O) groups is 2. The Labute approximate surface area is 205 Å². The van der Waals surface area contributed by atoms with E-state index >= 15 is 0 Å². The molecular formula is C26H31N7O2. The Morgan fingerprint density at radius 3 is 2.40 bits per heavy atom. The van der Waals surface area contributed by atoms with Crippen molar-refractivity contribution in [2.75, 3.05) is 31.5 Å². The number of aromatic nitrogens is 4. The molecule has 2 fully saturated rings. The summed E-state index contributed by atoms with van der Waals surface area (Å²) in [4.78, 5) is 30.9. The maximum absolute atomic E-state index is 12.9. The van der Waals surface area contributed by atoms with E-state index in [0.717, 1.165) is 49.2 Å². The second kappa shape index (κ2) is 9.48. The minimum absolute atomic E-state index is 0.00825. The molecule has 2 aromatic carbocycles. The summed E-state index contributed by atoms with van der Waals surface area (Å²) in [7, 11) is 0. The van der Waals surface area contributed by atoms with Gasteiger partial charge in [-0.1, -0.05) is 48.0 Å². The Morgan fingerprint density at radius 2 is 1.69 bits per heavy atom.